The Balaban J connectivity index is 1.73. The van der Waals surface area contributed by atoms with Crippen LogP contribution < -0.4 is 4.74 Å². The van der Waals surface area contributed by atoms with E-state index in [-0.39, 0.29) is 11.8 Å². The molecule has 27 heavy (non-hydrogen) atoms. The normalized spacial score (nSPS) is 10.9. The van der Waals surface area contributed by atoms with Crippen LogP contribution in [-0.2, 0) is 16.0 Å². The zero-order chi connectivity index (χ0) is 19.2. The van der Waals surface area contributed by atoms with Gasteiger partial charge in [-0.1, -0.05) is 6.92 Å². The van der Waals surface area contributed by atoms with Crippen molar-refractivity contribution in [3.05, 3.63) is 42.4 Å². The Labute approximate surface area is 157 Å². The van der Waals surface area contributed by atoms with E-state index in [0.717, 1.165) is 17.7 Å². The van der Waals surface area contributed by atoms with Crippen molar-refractivity contribution < 1.29 is 19.4 Å². The number of carbonyl (C=O) groups excluding carboxylic acids is 1. The van der Waals surface area contributed by atoms with Crippen LogP contribution in [-0.4, -0.2) is 39.2 Å². The molecule has 1 aromatic carbocycles. The van der Waals surface area contributed by atoms with Crippen LogP contribution in [0.15, 0.2) is 36.7 Å². The molecular formula is C20H23N3O4. The fourth-order valence-corrected chi connectivity index (χ4v) is 2.76. The summed E-state index contributed by atoms with van der Waals surface area (Å²) in [6.07, 6.45) is 5.55. The van der Waals surface area contributed by atoms with Crippen molar-refractivity contribution in [2.24, 2.45) is 0 Å². The molecule has 0 atom stereocenters. The summed E-state index contributed by atoms with van der Waals surface area (Å²) in [5.74, 6) is 0.623. The molecule has 1 N–H and O–H groups in total. The van der Waals surface area contributed by atoms with Gasteiger partial charge in [0.15, 0.2) is 5.65 Å². The lowest BCUT2D eigenvalue weighted by Gasteiger charge is -2.04. The van der Waals surface area contributed by atoms with Gasteiger partial charge in [0, 0.05) is 18.2 Å². The van der Waals surface area contributed by atoms with E-state index in [1.54, 1.807) is 23.9 Å². The van der Waals surface area contributed by atoms with E-state index in [4.69, 9.17) is 9.47 Å². The number of imidazole rings is 1. The number of ether oxygens (including phenoxy) is 2. The first-order valence-electron chi connectivity index (χ1n) is 8.98. The third-order valence-corrected chi connectivity index (χ3v) is 4.20. The predicted molar refractivity (Wildman–Crippen MR) is 101 cm³/mol. The topological polar surface area (TPSA) is 86.0 Å². The van der Waals surface area contributed by atoms with Gasteiger partial charge in [0.25, 0.3) is 0 Å². The van der Waals surface area contributed by atoms with Crippen LogP contribution in [0.4, 0.5) is 0 Å². The Morgan fingerprint density at radius 2 is 2.04 bits per heavy atom. The predicted octanol–water partition coefficient (Wildman–Crippen LogP) is 3.39. The van der Waals surface area contributed by atoms with Crippen LogP contribution in [0.25, 0.3) is 16.9 Å². The molecule has 0 saturated carbocycles. The summed E-state index contributed by atoms with van der Waals surface area (Å²) in [5, 5.41) is 10.5. The molecule has 2 aromatic heterocycles. The first-order valence-corrected chi connectivity index (χ1v) is 8.98. The average Bonchev–Trinajstić information content (AvgIpc) is 3.01. The second kappa shape index (κ2) is 8.53. The summed E-state index contributed by atoms with van der Waals surface area (Å²) in [6.45, 7) is 2.40. The van der Waals surface area contributed by atoms with Crippen molar-refractivity contribution >= 4 is 11.6 Å². The molecule has 3 aromatic rings. The Kier molecular flexibility index (Phi) is 5.90. The minimum absolute atomic E-state index is 0.0732. The smallest absolute Gasteiger partial charge is 0.305 e. The van der Waals surface area contributed by atoms with Gasteiger partial charge >= 0.3 is 5.97 Å². The third-order valence-electron chi connectivity index (χ3n) is 4.20. The van der Waals surface area contributed by atoms with Crippen LogP contribution >= 0.6 is 0 Å². The van der Waals surface area contributed by atoms with E-state index < -0.39 is 0 Å². The fourth-order valence-electron chi connectivity index (χ4n) is 2.76. The Bertz CT molecular complexity index is 919. The largest absolute Gasteiger partial charge is 0.497 e. The molecule has 0 spiro atoms. The number of fused-ring (bicyclic) bond motifs is 1. The maximum atomic E-state index is 11.6. The van der Waals surface area contributed by atoms with Gasteiger partial charge in [-0.05, 0) is 43.5 Å². The van der Waals surface area contributed by atoms with Gasteiger partial charge in [-0.25, -0.2) is 4.98 Å². The maximum absolute atomic E-state index is 11.6. The zero-order valence-electron chi connectivity index (χ0n) is 15.5. The number of hydrogen-bond acceptors (Lipinski definition) is 6. The molecule has 0 unspecified atom stereocenters. The number of hydrogen-bond donors (Lipinski definition) is 1. The second-order valence-corrected chi connectivity index (χ2v) is 6.19. The molecule has 0 aliphatic heterocycles. The summed E-state index contributed by atoms with van der Waals surface area (Å²) in [7, 11) is 1.62. The number of methoxy groups -OCH3 is 1. The molecule has 0 bridgehead atoms. The summed E-state index contributed by atoms with van der Waals surface area (Å²) < 4.78 is 11.8. The van der Waals surface area contributed by atoms with Crippen molar-refractivity contribution in [3.63, 3.8) is 0 Å². The molecule has 0 fully saturated rings. The zero-order valence-corrected chi connectivity index (χ0v) is 15.5. The van der Waals surface area contributed by atoms with Crippen molar-refractivity contribution in [1.29, 1.82) is 0 Å². The fraction of sp³-hybridized carbons (Fsp3) is 0.350. The Morgan fingerprint density at radius 1 is 1.26 bits per heavy atom. The number of aryl methyl sites for hydroxylation is 1. The molecular weight excluding hydrogens is 346 g/mol. The van der Waals surface area contributed by atoms with Gasteiger partial charge in [-0.3, -0.25) is 14.2 Å². The van der Waals surface area contributed by atoms with E-state index in [0.29, 0.717) is 42.9 Å². The van der Waals surface area contributed by atoms with E-state index in [9.17, 15) is 9.90 Å². The summed E-state index contributed by atoms with van der Waals surface area (Å²) >= 11 is 0. The molecule has 3 rings (SSSR count). The monoisotopic (exact) mass is 369 g/mol. The maximum Gasteiger partial charge on any atom is 0.305 e. The molecule has 0 saturated heterocycles. The number of aromatic hydroxyl groups is 1. The quantitative estimate of drug-likeness (QED) is 0.613. The van der Waals surface area contributed by atoms with Gasteiger partial charge in [-0.2, -0.15) is 0 Å². The second-order valence-electron chi connectivity index (χ2n) is 6.19. The number of esters is 1. The standard InChI is InChI=1S/C20H23N3O4/c1-3-11-27-19(24)6-4-5-16-20(25)23-13-17(21-12-18(23)22-16)14-7-9-15(26-2)10-8-14/h7-10,12-13,25H,3-6,11H2,1-2H3. The number of aromatic nitrogens is 3. The van der Waals surface area contributed by atoms with Crippen LogP contribution in [0.2, 0.25) is 0 Å². The number of nitrogens with zero attached hydrogens (tertiary/aromatic N) is 3. The van der Waals surface area contributed by atoms with Gasteiger partial charge in [0.2, 0.25) is 5.88 Å². The molecule has 7 heteroatoms. The van der Waals surface area contributed by atoms with E-state index >= 15 is 0 Å². The highest BCUT2D eigenvalue weighted by molar-refractivity contribution is 5.69. The highest BCUT2D eigenvalue weighted by Crippen LogP contribution is 2.25. The van der Waals surface area contributed by atoms with Gasteiger partial charge in [-0.15, -0.1) is 0 Å². The van der Waals surface area contributed by atoms with Crippen LogP contribution in [0.5, 0.6) is 11.6 Å². The van der Waals surface area contributed by atoms with Crippen LogP contribution in [0.3, 0.4) is 0 Å². The van der Waals surface area contributed by atoms with Gasteiger partial charge in [0.05, 0.1) is 25.6 Å². The Hall–Kier alpha value is -3.09. The SMILES string of the molecule is CCCOC(=O)CCCc1nc2cnc(-c3ccc(OC)cc3)cn2c1O. The van der Waals surface area contributed by atoms with Crippen molar-refractivity contribution in [1.82, 2.24) is 14.4 Å². The van der Waals surface area contributed by atoms with E-state index in [1.165, 1.54) is 0 Å². The highest BCUT2D eigenvalue weighted by Gasteiger charge is 2.13. The lowest BCUT2D eigenvalue weighted by molar-refractivity contribution is -0.143. The molecule has 7 nitrogen and oxygen atoms in total. The molecule has 2 heterocycles. The summed E-state index contributed by atoms with van der Waals surface area (Å²) in [4.78, 5) is 20.4. The number of benzene rings is 1. The summed E-state index contributed by atoms with van der Waals surface area (Å²) in [6, 6.07) is 7.53. The summed E-state index contributed by atoms with van der Waals surface area (Å²) in [5.41, 5.74) is 2.74. The molecule has 0 aliphatic carbocycles. The van der Waals surface area contributed by atoms with Gasteiger partial charge < -0.3 is 14.6 Å². The van der Waals surface area contributed by atoms with Crippen LogP contribution in [0, 0.1) is 0 Å². The molecule has 0 amide bonds. The first kappa shape index (κ1) is 18.7. The van der Waals surface area contributed by atoms with Crippen LogP contribution in [0.1, 0.15) is 31.9 Å². The number of carbonyl (C=O) groups is 1. The minimum Gasteiger partial charge on any atom is -0.497 e. The van der Waals surface area contributed by atoms with Crippen molar-refractivity contribution in [2.45, 2.75) is 32.6 Å². The third kappa shape index (κ3) is 4.36. The first-order chi connectivity index (χ1) is 13.1. The van der Waals surface area contributed by atoms with Crippen molar-refractivity contribution in [2.75, 3.05) is 13.7 Å². The minimum atomic E-state index is -0.219. The van der Waals surface area contributed by atoms with E-state index in [2.05, 4.69) is 9.97 Å². The molecule has 0 radical (unpaired) electrons. The average molecular weight is 369 g/mol. The van der Waals surface area contributed by atoms with Crippen molar-refractivity contribution in [3.8, 4) is 22.9 Å². The lowest BCUT2D eigenvalue weighted by Crippen LogP contribution is -2.05. The lowest BCUT2D eigenvalue weighted by atomic mass is 10.1. The molecule has 142 valence electrons. The Morgan fingerprint density at radius 3 is 2.74 bits per heavy atom. The van der Waals surface area contributed by atoms with Gasteiger partial charge in [0.1, 0.15) is 11.4 Å². The van der Waals surface area contributed by atoms with E-state index in [1.807, 2.05) is 31.2 Å². The number of rotatable bonds is 8. The molecule has 0 aliphatic rings. The highest BCUT2D eigenvalue weighted by atomic mass is 16.5.